The Kier molecular flexibility index (Phi) is 4.62. The number of aryl methyl sites for hydroxylation is 1. The van der Waals surface area contributed by atoms with Crippen LogP contribution in [0.3, 0.4) is 0 Å². The first-order valence-corrected chi connectivity index (χ1v) is 10.7. The summed E-state index contributed by atoms with van der Waals surface area (Å²) in [5.74, 6) is -1.40. The second kappa shape index (κ2) is 7.00. The summed E-state index contributed by atoms with van der Waals surface area (Å²) in [4.78, 5) is 38.0. The third kappa shape index (κ3) is 3.38. The molecule has 2 N–H and O–H groups in total. The number of imide groups is 1. The largest absolute Gasteiger partial charge is 0.339 e. The molecule has 0 spiro atoms. The van der Waals surface area contributed by atoms with Crippen LogP contribution in [0.2, 0.25) is 0 Å². The maximum atomic E-state index is 12.9. The normalized spacial score (nSPS) is 16.0. The molecule has 3 amide bonds. The molecule has 9 heteroatoms. The predicted octanol–water partition coefficient (Wildman–Crippen LogP) is 1.92. The predicted molar refractivity (Wildman–Crippen MR) is 105 cm³/mol. The van der Waals surface area contributed by atoms with Gasteiger partial charge in [-0.15, -0.1) is 0 Å². The van der Waals surface area contributed by atoms with Crippen LogP contribution in [0.4, 0.5) is 5.69 Å². The first-order chi connectivity index (χ1) is 13.8. The molecule has 0 saturated carbocycles. The van der Waals surface area contributed by atoms with E-state index in [0.717, 1.165) is 18.9 Å². The number of anilines is 1. The smallest absolute Gasteiger partial charge is 0.261 e. The van der Waals surface area contributed by atoms with Gasteiger partial charge in [0.1, 0.15) is 0 Å². The fraction of sp³-hybridized carbons (Fsp3) is 0.250. The van der Waals surface area contributed by atoms with Gasteiger partial charge < -0.3 is 4.90 Å². The molecule has 1 saturated heterocycles. The Hall–Kier alpha value is -3.20. The number of amides is 3. The molecule has 2 aliphatic rings. The zero-order valence-corrected chi connectivity index (χ0v) is 16.5. The van der Waals surface area contributed by atoms with E-state index in [-0.39, 0.29) is 27.6 Å². The Bertz CT molecular complexity index is 1150. The average molecular weight is 413 g/mol. The second-order valence-corrected chi connectivity index (χ2v) is 8.78. The number of nitrogens with one attached hydrogen (secondary N) is 2. The summed E-state index contributed by atoms with van der Waals surface area (Å²) < 4.78 is 28.4. The van der Waals surface area contributed by atoms with E-state index in [1.165, 1.54) is 18.2 Å². The minimum Gasteiger partial charge on any atom is -0.339 e. The van der Waals surface area contributed by atoms with Crippen molar-refractivity contribution in [3.8, 4) is 0 Å². The summed E-state index contributed by atoms with van der Waals surface area (Å²) in [7, 11) is -4.08. The highest BCUT2D eigenvalue weighted by molar-refractivity contribution is 7.92. The van der Waals surface area contributed by atoms with Crippen LogP contribution in [0, 0.1) is 6.92 Å². The van der Waals surface area contributed by atoms with Crippen molar-refractivity contribution in [3.63, 3.8) is 0 Å². The van der Waals surface area contributed by atoms with Crippen LogP contribution < -0.4 is 10.0 Å². The summed E-state index contributed by atoms with van der Waals surface area (Å²) in [5.41, 5.74) is 1.31. The molecule has 2 heterocycles. The van der Waals surface area contributed by atoms with Gasteiger partial charge >= 0.3 is 0 Å². The Balaban J connectivity index is 1.70. The van der Waals surface area contributed by atoms with E-state index in [0.29, 0.717) is 24.2 Å². The lowest BCUT2D eigenvalue weighted by molar-refractivity contribution is 0.0791. The van der Waals surface area contributed by atoms with Crippen molar-refractivity contribution in [1.29, 1.82) is 0 Å². The van der Waals surface area contributed by atoms with Crippen LogP contribution in [0.1, 0.15) is 49.5 Å². The van der Waals surface area contributed by atoms with Gasteiger partial charge in [0.25, 0.3) is 27.7 Å². The maximum Gasteiger partial charge on any atom is 0.261 e. The summed E-state index contributed by atoms with van der Waals surface area (Å²) in [6.45, 7) is 3.05. The second-order valence-electron chi connectivity index (χ2n) is 7.09. The van der Waals surface area contributed by atoms with Crippen LogP contribution in [-0.4, -0.2) is 44.1 Å². The van der Waals surface area contributed by atoms with Crippen molar-refractivity contribution in [3.05, 3.63) is 58.7 Å². The number of rotatable bonds is 4. The van der Waals surface area contributed by atoms with Gasteiger partial charge in [-0.3, -0.25) is 24.4 Å². The van der Waals surface area contributed by atoms with E-state index < -0.39 is 21.8 Å². The van der Waals surface area contributed by atoms with Crippen molar-refractivity contribution in [2.75, 3.05) is 17.8 Å². The fourth-order valence-corrected chi connectivity index (χ4v) is 4.73. The Morgan fingerprint density at radius 1 is 1.03 bits per heavy atom. The Labute approximate surface area is 168 Å². The number of likely N-dealkylation sites (tertiary alicyclic amines) is 1. The quantitative estimate of drug-likeness (QED) is 0.744. The minimum absolute atomic E-state index is 0.00971. The third-order valence-electron chi connectivity index (χ3n) is 5.14. The molecule has 2 aromatic rings. The van der Waals surface area contributed by atoms with E-state index in [1.807, 2.05) is 0 Å². The van der Waals surface area contributed by atoms with Gasteiger partial charge in [-0.25, -0.2) is 8.42 Å². The minimum atomic E-state index is -4.08. The lowest BCUT2D eigenvalue weighted by Crippen LogP contribution is -2.29. The molecule has 29 heavy (non-hydrogen) atoms. The summed E-state index contributed by atoms with van der Waals surface area (Å²) in [6.07, 6.45) is 1.85. The molecule has 4 rings (SSSR count). The molecule has 2 aliphatic heterocycles. The van der Waals surface area contributed by atoms with Crippen LogP contribution >= 0.6 is 0 Å². The van der Waals surface area contributed by atoms with Crippen LogP contribution in [0.25, 0.3) is 0 Å². The molecule has 0 unspecified atom stereocenters. The fourth-order valence-electron chi connectivity index (χ4n) is 3.63. The van der Waals surface area contributed by atoms with Gasteiger partial charge in [0.2, 0.25) is 0 Å². The Morgan fingerprint density at radius 3 is 2.45 bits per heavy atom. The molecule has 1 fully saturated rings. The highest BCUT2D eigenvalue weighted by atomic mass is 32.2. The topological polar surface area (TPSA) is 113 Å². The number of hydrogen-bond donors (Lipinski definition) is 2. The average Bonchev–Trinajstić information content (AvgIpc) is 3.30. The molecule has 0 radical (unpaired) electrons. The van der Waals surface area contributed by atoms with Gasteiger partial charge in [-0.2, -0.15) is 0 Å². The molecule has 8 nitrogen and oxygen atoms in total. The van der Waals surface area contributed by atoms with E-state index in [4.69, 9.17) is 0 Å². The van der Waals surface area contributed by atoms with Gasteiger partial charge in [-0.05, 0) is 49.6 Å². The van der Waals surface area contributed by atoms with Gasteiger partial charge in [0, 0.05) is 13.1 Å². The number of carbonyl (C=O) groups is 3. The third-order valence-corrected chi connectivity index (χ3v) is 6.51. The van der Waals surface area contributed by atoms with Crippen molar-refractivity contribution >= 4 is 33.4 Å². The highest BCUT2D eigenvalue weighted by Gasteiger charge is 2.30. The molecule has 0 atom stereocenters. The van der Waals surface area contributed by atoms with E-state index in [2.05, 4.69) is 10.0 Å². The zero-order valence-electron chi connectivity index (χ0n) is 15.7. The lowest BCUT2D eigenvalue weighted by atomic mass is 10.1. The van der Waals surface area contributed by atoms with Crippen molar-refractivity contribution in [1.82, 2.24) is 10.2 Å². The summed E-state index contributed by atoms with van der Waals surface area (Å²) in [5, 5.41) is 2.13. The number of nitrogens with zero attached hydrogens (tertiary/aromatic N) is 1. The number of hydrogen-bond acceptors (Lipinski definition) is 5. The first-order valence-electron chi connectivity index (χ1n) is 9.19. The standard InChI is InChI=1S/C20H19N3O5S/c1-12-5-4-6-16(17(12)20(26)23-9-2-3-10-23)22-29(27,28)13-7-8-14-15(11-13)19(25)21-18(14)24/h4-8,11,22H,2-3,9-10H2,1H3,(H,21,24,25). The SMILES string of the molecule is Cc1cccc(NS(=O)(=O)c2ccc3c(c2)C(=O)NC3=O)c1C(=O)N1CCCC1. The van der Waals surface area contributed by atoms with Gasteiger partial charge in [0.15, 0.2) is 0 Å². The van der Waals surface area contributed by atoms with E-state index >= 15 is 0 Å². The number of benzene rings is 2. The van der Waals surface area contributed by atoms with Gasteiger partial charge in [0.05, 0.1) is 27.3 Å². The molecule has 150 valence electrons. The summed E-state index contributed by atoms with van der Waals surface area (Å²) in [6, 6.07) is 8.69. The van der Waals surface area contributed by atoms with Crippen molar-refractivity contribution in [2.45, 2.75) is 24.7 Å². The highest BCUT2D eigenvalue weighted by Crippen LogP contribution is 2.27. The van der Waals surface area contributed by atoms with Gasteiger partial charge in [-0.1, -0.05) is 12.1 Å². The lowest BCUT2D eigenvalue weighted by Gasteiger charge is -2.20. The number of sulfonamides is 1. The van der Waals surface area contributed by atoms with E-state index in [1.54, 1.807) is 24.0 Å². The van der Waals surface area contributed by atoms with Crippen LogP contribution in [0.15, 0.2) is 41.3 Å². The monoisotopic (exact) mass is 413 g/mol. The zero-order chi connectivity index (χ0) is 20.8. The summed E-state index contributed by atoms with van der Waals surface area (Å²) >= 11 is 0. The van der Waals surface area contributed by atoms with Crippen molar-refractivity contribution in [2.24, 2.45) is 0 Å². The first kappa shape index (κ1) is 19.1. The molecular weight excluding hydrogens is 394 g/mol. The molecule has 2 aromatic carbocycles. The molecular formula is C20H19N3O5S. The van der Waals surface area contributed by atoms with Crippen LogP contribution in [0.5, 0.6) is 0 Å². The molecule has 0 bridgehead atoms. The Morgan fingerprint density at radius 2 is 1.72 bits per heavy atom. The molecule has 0 aromatic heterocycles. The number of fused-ring (bicyclic) bond motifs is 1. The maximum absolute atomic E-state index is 12.9. The van der Waals surface area contributed by atoms with Crippen molar-refractivity contribution < 1.29 is 22.8 Å². The number of carbonyl (C=O) groups excluding carboxylic acids is 3. The van der Waals surface area contributed by atoms with Crippen LogP contribution in [-0.2, 0) is 10.0 Å². The van der Waals surface area contributed by atoms with E-state index in [9.17, 15) is 22.8 Å². The molecule has 0 aliphatic carbocycles.